The molecule has 3 rings (SSSR count). The van der Waals surface area contributed by atoms with Crippen LogP contribution in [-0.2, 0) is 9.59 Å². The van der Waals surface area contributed by atoms with Gasteiger partial charge in [0.05, 0.1) is 10.7 Å². The number of benzene rings is 1. The standard InChI is InChI=1S/C15H16ClFN2O2/c16-10-4-3-5-11(13(10)17)19-9-6-12(20)18-15(14(19)21)7-1-2-8-15/h3-5H,1-2,6-9H2,(H,18,20). The van der Waals surface area contributed by atoms with E-state index in [1.54, 1.807) is 6.07 Å². The molecular weight excluding hydrogens is 295 g/mol. The molecule has 1 aromatic carbocycles. The van der Waals surface area contributed by atoms with Crippen LogP contribution in [0, 0.1) is 5.82 Å². The molecule has 0 unspecified atom stereocenters. The van der Waals surface area contributed by atoms with Crippen molar-refractivity contribution in [2.75, 3.05) is 11.4 Å². The molecule has 4 nitrogen and oxygen atoms in total. The van der Waals surface area contributed by atoms with Gasteiger partial charge in [0.1, 0.15) is 5.54 Å². The number of amides is 2. The molecule has 1 N–H and O–H groups in total. The smallest absolute Gasteiger partial charge is 0.252 e. The zero-order valence-corrected chi connectivity index (χ0v) is 12.3. The number of hydrogen-bond donors (Lipinski definition) is 1. The van der Waals surface area contributed by atoms with Gasteiger partial charge in [-0.2, -0.15) is 0 Å². The van der Waals surface area contributed by atoms with Gasteiger partial charge in [-0.1, -0.05) is 30.5 Å². The number of anilines is 1. The predicted octanol–water partition coefficient (Wildman–Crippen LogP) is 2.64. The largest absolute Gasteiger partial charge is 0.342 e. The lowest BCUT2D eigenvalue weighted by Gasteiger charge is -2.32. The highest BCUT2D eigenvalue weighted by molar-refractivity contribution is 6.31. The van der Waals surface area contributed by atoms with Crippen LogP contribution < -0.4 is 10.2 Å². The summed E-state index contributed by atoms with van der Waals surface area (Å²) in [6, 6.07) is 4.57. The van der Waals surface area contributed by atoms with Crippen molar-refractivity contribution in [3.8, 4) is 0 Å². The molecule has 1 aliphatic carbocycles. The van der Waals surface area contributed by atoms with Gasteiger partial charge < -0.3 is 10.2 Å². The lowest BCUT2D eigenvalue weighted by Crippen LogP contribution is -2.55. The van der Waals surface area contributed by atoms with Crippen LogP contribution in [0.15, 0.2) is 18.2 Å². The van der Waals surface area contributed by atoms with E-state index >= 15 is 0 Å². The van der Waals surface area contributed by atoms with Crippen LogP contribution in [0.2, 0.25) is 5.02 Å². The summed E-state index contributed by atoms with van der Waals surface area (Å²) in [6.07, 6.45) is 3.15. The van der Waals surface area contributed by atoms with Crippen LogP contribution in [0.5, 0.6) is 0 Å². The first-order valence-electron chi connectivity index (χ1n) is 7.10. The number of hydrogen-bond acceptors (Lipinski definition) is 2. The Labute approximate surface area is 127 Å². The van der Waals surface area contributed by atoms with E-state index in [4.69, 9.17) is 11.6 Å². The minimum atomic E-state index is -0.873. The molecule has 2 aliphatic rings. The quantitative estimate of drug-likeness (QED) is 0.867. The fraction of sp³-hybridized carbons (Fsp3) is 0.467. The highest BCUT2D eigenvalue weighted by Gasteiger charge is 2.47. The Bertz CT molecular complexity index is 599. The summed E-state index contributed by atoms with van der Waals surface area (Å²) in [4.78, 5) is 26.2. The second-order valence-corrected chi connectivity index (χ2v) is 6.02. The van der Waals surface area contributed by atoms with E-state index in [9.17, 15) is 14.0 Å². The second kappa shape index (κ2) is 5.30. The Kier molecular flexibility index (Phi) is 3.61. The van der Waals surface area contributed by atoms with Crippen molar-refractivity contribution in [3.63, 3.8) is 0 Å². The van der Waals surface area contributed by atoms with Crippen molar-refractivity contribution < 1.29 is 14.0 Å². The maximum Gasteiger partial charge on any atom is 0.252 e. The first-order chi connectivity index (χ1) is 10.0. The van der Waals surface area contributed by atoms with Gasteiger partial charge >= 0.3 is 0 Å². The van der Waals surface area contributed by atoms with Crippen LogP contribution >= 0.6 is 11.6 Å². The molecule has 6 heteroatoms. The van der Waals surface area contributed by atoms with E-state index in [0.717, 1.165) is 12.8 Å². The van der Waals surface area contributed by atoms with E-state index in [-0.39, 0.29) is 35.5 Å². The third-order valence-electron chi connectivity index (χ3n) is 4.27. The SMILES string of the molecule is O=C1CCN(c2cccc(Cl)c2F)C(=O)C2(CCCC2)N1. The average molecular weight is 311 g/mol. The molecule has 0 aromatic heterocycles. The van der Waals surface area contributed by atoms with E-state index in [1.165, 1.54) is 17.0 Å². The molecule has 112 valence electrons. The van der Waals surface area contributed by atoms with Crippen LogP contribution in [-0.4, -0.2) is 23.9 Å². The molecule has 0 bridgehead atoms. The maximum atomic E-state index is 14.2. The van der Waals surface area contributed by atoms with Crippen molar-refractivity contribution in [3.05, 3.63) is 29.0 Å². The average Bonchev–Trinajstić information content (AvgIpc) is 2.88. The molecule has 1 aromatic rings. The molecule has 21 heavy (non-hydrogen) atoms. The van der Waals surface area contributed by atoms with Gasteiger partial charge in [0.2, 0.25) is 5.91 Å². The van der Waals surface area contributed by atoms with Crippen LogP contribution in [0.4, 0.5) is 10.1 Å². The first-order valence-corrected chi connectivity index (χ1v) is 7.48. The minimum absolute atomic E-state index is 0.0238. The fourth-order valence-electron chi connectivity index (χ4n) is 3.20. The zero-order valence-electron chi connectivity index (χ0n) is 11.5. The lowest BCUT2D eigenvalue weighted by molar-refractivity contribution is -0.129. The summed E-state index contributed by atoms with van der Waals surface area (Å²) < 4.78 is 14.2. The molecular formula is C15H16ClFN2O2. The van der Waals surface area contributed by atoms with Gasteiger partial charge in [-0.15, -0.1) is 0 Å². The van der Waals surface area contributed by atoms with Gasteiger partial charge in [-0.25, -0.2) is 4.39 Å². The number of carbonyl (C=O) groups is 2. The van der Waals surface area contributed by atoms with Crippen molar-refractivity contribution in [1.29, 1.82) is 0 Å². The molecule has 1 heterocycles. The highest BCUT2D eigenvalue weighted by atomic mass is 35.5. The Morgan fingerprint density at radius 1 is 1.24 bits per heavy atom. The van der Waals surface area contributed by atoms with Crippen LogP contribution in [0.25, 0.3) is 0 Å². The monoisotopic (exact) mass is 310 g/mol. The molecule has 2 fully saturated rings. The third-order valence-corrected chi connectivity index (χ3v) is 4.57. The normalized spacial score (nSPS) is 21.5. The van der Waals surface area contributed by atoms with E-state index in [0.29, 0.717) is 12.8 Å². The van der Waals surface area contributed by atoms with Gasteiger partial charge in [-0.3, -0.25) is 9.59 Å². The van der Waals surface area contributed by atoms with E-state index in [1.807, 2.05) is 0 Å². The number of rotatable bonds is 1. The molecule has 1 saturated carbocycles. The number of halogens is 2. The zero-order chi connectivity index (χ0) is 15.0. The van der Waals surface area contributed by atoms with Crippen molar-refractivity contribution in [2.24, 2.45) is 0 Å². The maximum absolute atomic E-state index is 14.2. The van der Waals surface area contributed by atoms with Crippen LogP contribution in [0.3, 0.4) is 0 Å². The van der Waals surface area contributed by atoms with Crippen molar-refractivity contribution >= 4 is 29.1 Å². The van der Waals surface area contributed by atoms with Gasteiger partial charge in [0.15, 0.2) is 5.82 Å². The summed E-state index contributed by atoms with van der Waals surface area (Å²) in [5.74, 6) is -1.00. The van der Waals surface area contributed by atoms with Gasteiger partial charge in [0, 0.05) is 13.0 Å². The predicted molar refractivity (Wildman–Crippen MR) is 77.7 cm³/mol. The molecule has 0 radical (unpaired) electrons. The first kappa shape index (κ1) is 14.3. The Hall–Kier alpha value is -1.62. The molecule has 1 spiro atoms. The fourth-order valence-corrected chi connectivity index (χ4v) is 3.37. The molecule has 0 atom stereocenters. The van der Waals surface area contributed by atoms with Crippen molar-refractivity contribution in [2.45, 2.75) is 37.6 Å². The topological polar surface area (TPSA) is 49.4 Å². The molecule has 1 saturated heterocycles. The summed E-state index contributed by atoms with van der Waals surface area (Å²) in [6.45, 7) is 0.170. The number of nitrogens with zero attached hydrogens (tertiary/aromatic N) is 1. The Balaban J connectivity index is 2.03. The van der Waals surface area contributed by atoms with Crippen molar-refractivity contribution in [1.82, 2.24) is 5.32 Å². The molecule has 2 amide bonds. The van der Waals surface area contributed by atoms with Crippen LogP contribution in [0.1, 0.15) is 32.1 Å². The Morgan fingerprint density at radius 3 is 2.67 bits per heavy atom. The summed E-state index contributed by atoms with van der Waals surface area (Å²) in [5, 5.41) is 2.83. The van der Waals surface area contributed by atoms with E-state index in [2.05, 4.69) is 5.32 Å². The summed E-state index contributed by atoms with van der Waals surface area (Å²) in [5.41, 5.74) is -0.724. The summed E-state index contributed by atoms with van der Waals surface area (Å²) in [7, 11) is 0. The summed E-state index contributed by atoms with van der Waals surface area (Å²) >= 11 is 5.81. The minimum Gasteiger partial charge on any atom is -0.342 e. The van der Waals surface area contributed by atoms with Gasteiger partial charge in [0.25, 0.3) is 5.91 Å². The third kappa shape index (κ3) is 2.39. The molecule has 1 aliphatic heterocycles. The van der Waals surface area contributed by atoms with E-state index < -0.39 is 11.4 Å². The lowest BCUT2D eigenvalue weighted by atomic mass is 9.95. The Morgan fingerprint density at radius 2 is 1.95 bits per heavy atom. The van der Waals surface area contributed by atoms with Gasteiger partial charge in [-0.05, 0) is 25.0 Å². The second-order valence-electron chi connectivity index (χ2n) is 5.62. The highest BCUT2D eigenvalue weighted by Crippen LogP contribution is 2.36. The number of nitrogens with one attached hydrogen (secondary N) is 1. The number of carbonyl (C=O) groups excluding carboxylic acids is 2.